The van der Waals surface area contributed by atoms with E-state index in [2.05, 4.69) is 14.9 Å². The lowest BCUT2D eigenvalue weighted by molar-refractivity contribution is 0.598. The molecular formula is C12H13FN4O2S. The molecule has 0 saturated carbocycles. The minimum absolute atomic E-state index is 0.0537. The predicted molar refractivity (Wildman–Crippen MR) is 73.1 cm³/mol. The largest absolute Gasteiger partial charge is 0.396 e. The normalized spacial score (nSPS) is 11.3. The van der Waals surface area contributed by atoms with Crippen molar-refractivity contribution < 1.29 is 12.8 Å². The lowest BCUT2D eigenvalue weighted by Gasteiger charge is -2.14. The summed E-state index contributed by atoms with van der Waals surface area (Å²) in [7, 11) is -3.91. The Morgan fingerprint density at radius 1 is 1.35 bits per heavy atom. The van der Waals surface area contributed by atoms with Crippen LogP contribution in [-0.2, 0) is 10.0 Å². The van der Waals surface area contributed by atoms with Gasteiger partial charge in [-0.1, -0.05) is 0 Å². The molecule has 0 bridgehead atoms. The molecule has 0 aliphatic carbocycles. The summed E-state index contributed by atoms with van der Waals surface area (Å²) in [6.07, 6.45) is 1.42. The number of sulfonamides is 1. The van der Waals surface area contributed by atoms with Crippen molar-refractivity contribution in [2.45, 2.75) is 18.7 Å². The number of nitrogens with two attached hydrogens (primary N) is 1. The number of hydrogen-bond acceptors (Lipinski definition) is 5. The summed E-state index contributed by atoms with van der Waals surface area (Å²) >= 11 is 0. The molecule has 0 aliphatic heterocycles. The van der Waals surface area contributed by atoms with E-state index in [-0.39, 0.29) is 27.5 Å². The predicted octanol–water partition coefficient (Wildman–Crippen LogP) is 1.62. The standard InChI is InChI=1S/C12H13FN4O2S/c1-7-6-9(13)11(14)8(2)12(7)20(18,19)17-10-4-3-5-15-16-10/h3-6H,14H2,1-2H3,(H,16,17). The van der Waals surface area contributed by atoms with Crippen LogP contribution in [0.25, 0.3) is 0 Å². The number of halogens is 1. The quantitative estimate of drug-likeness (QED) is 0.839. The Morgan fingerprint density at radius 3 is 2.65 bits per heavy atom. The number of hydrogen-bond donors (Lipinski definition) is 2. The van der Waals surface area contributed by atoms with Gasteiger partial charge in [0, 0.05) is 6.20 Å². The van der Waals surface area contributed by atoms with Crippen LogP contribution in [0.1, 0.15) is 11.1 Å². The molecule has 8 heteroatoms. The van der Waals surface area contributed by atoms with E-state index in [1.54, 1.807) is 6.07 Å². The van der Waals surface area contributed by atoms with Gasteiger partial charge in [0.2, 0.25) is 0 Å². The van der Waals surface area contributed by atoms with Gasteiger partial charge in [-0.25, -0.2) is 12.8 Å². The molecule has 6 nitrogen and oxygen atoms in total. The first-order chi connectivity index (χ1) is 9.33. The van der Waals surface area contributed by atoms with Crippen LogP contribution in [0.15, 0.2) is 29.3 Å². The number of nitrogens with one attached hydrogen (secondary N) is 1. The van der Waals surface area contributed by atoms with Crippen molar-refractivity contribution in [1.82, 2.24) is 10.2 Å². The number of rotatable bonds is 3. The van der Waals surface area contributed by atoms with E-state index in [1.807, 2.05) is 0 Å². The molecule has 2 aromatic rings. The minimum Gasteiger partial charge on any atom is -0.396 e. The van der Waals surface area contributed by atoms with Crippen molar-refractivity contribution in [3.63, 3.8) is 0 Å². The maximum atomic E-state index is 13.5. The molecule has 1 aromatic heterocycles. The highest BCUT2D eigenvalue weighted by molar-refractivity contribution is 7.92. The lowest BCUT2D eigenvalue weighted by atomic mass is 10.1. The number of benzene rings is 1. The van der Waals surface area contributed by atoms with Gasteiger partial charge in [-0.05, 0) is 43.2 Å². The first-order valence-electron chi connectivity index (χ1n) is 5.68. The van der Waals surface area contributed by atoms with E-state index in [9.17, 15) is 12.8 Å². The van der Waals surface area contributed by atoms with Crippen molar-refractivity contribution in [1.29, 1.82) is 0 Å². The Hall–Kier alpha value is -2.22. The summed E-state index contributed by atoms with van der Waals surface area (Å²) in [6.45, 7) is 2.96. The second-order valence-corrected chi connectivity index (χ2v) is 5.88. The number of anilines is 2. The fourth-order valence-electron chi connectivity index (χ4n) is 1.89. The zero-order valence-electron chi connectivity index (χ0n) is 10.9. The second-order valence-electron chi connectivity index (χ2n) is 4.26. The highest BCUT2D eigenvalue weighted by atomic mass is 32.2. The third-order valence-electron chi connectivity index (χ3n) is 2.78. The van der Waals surface area contributed by atoms with Crippen LogP contribution in [0.4, 0.5) is 15.9 Å². The number of nitrogen functional groups attached to an aromatic ring is 1. The van der Waals surface area contributed by atoms with Gasteiger partial charge in [0.15, 0.2) is 5.82 Å². The van der Waals surface area contributed by atoms with Crippen LogP contribution in [0.2, 0.25) is 0 Å². The second kappa shape index (κ2) is 5.04. The summed E-state index contributed by atoms with van der Waals surface area (Å²) < 4.78 is 40.5. The minimum atomic E-state index is -3.91. The van der Waals surface area contributed by atoms with Gasteiger partial charge >= 0.3 is 0 Å². The van der Waals surface area contributed by atoms with Crippen molar-refractivity contribution in [2.24, 2.45) is 0 Å². The van der Waals surface area contributed by atoms with Crippen LogP contribution in [0.5, 0.6) is 0 Å². The molecule has 0 amide bonds. The molecule has 0 spiro atoms. The SMILES string of the molecule is Cc1cc(F)c(N)c(C)c1S(=O)(=O)Nc1cccnn1. The van der Waals surface area contributed by atoms with E-state index >= 15 is 0 Å². The third kappa shape index (κ3) is 2.55. The average molecular weight is 296 g/mol. The first-order valence-corrected chi connectivity index (χ1v) is 7.17. The van der Waals surface area contributed by atoms with Crippen molar-refractivity contribution >= 4 is 21.5 Å². The third-order valence-corrected chi connectivity index (χ3v) is 4.43. The van der Waals surface area contributed by atoms with E-state index in [0.717, 1.165) is 6.07 Å². The molecule has 0 fully saturated rings. The zero-order chi connectivity index (χ0) is 14.9. The monoisotopic (exact) mass is 296 g/mol. The number of nitrogens with zero attached hydrogens (tertiary/aromatic N) is 2. The Balaban J connectivity index is 2.53. The van der Waals surface area contributed by atoms with Crippen LogP contribution in [0, 0.1) is 19.7 Å². The fraction of sp³-hybridized carbons (Fsp3) is 0.167. The summed E-state index contributed by atoms with van der Waals surface area (Å²) in [4.78, 5) is -0.0537. The van der Waals surface area contributed by atoms with Crippen LogP contribution < -0.4 is 10.5 Å². The highest BCUT2D eigenvalue weighted by Gasteiger charge is 2.23. The Kier molecular flexibility index (Phi) is 3.58. The molecule has 1 aromatic carbocycles. The molecule has 106 valence electrons. The van der Waals surface area contributed by atoms with Gasteiger partial charge in [-0.2, -0.15) is 5.10 Å². The van der Waals surface area contributed by atoms with E-state index in [0.29, 0.717) is 0 Å². The van der Waals surface area contributed by atoms with Gasteiger partial charge in [-0.15, -0.1) is 5.10 Å². The Bertz CT molecular complexity index is 748. The van der Waals surface area contributed by atoms with Crippen molar-refractivity contribution in [3.05, 3.63) is 41.3 Å². The van der Waals surface area contributed by atoms with Gasteiger partial charge in [-0.3, -0.25) is 4.72 Å². The smallest absolute Gasteiger partial charge is 0.263 e. The van der Waals surface area contributed by atoms with Gasteiger partial charge < -0.3 is 5.73 Å². The maximum absolute atomic E-state index is 13.5. The van der Waals surface area contributed by atoms with Crippen LogP contribution >= 0.6 is 0 Å². The molecule has 1 heterocycles. The highest BCUT2D eigenvalue weighted by Crippen LogP contribution is 2.28. The molecule has 0 radical (unpaired) electrons. The molecular weight excluding hydrogens is 283 g/mol. The first kappa shape index (κ1) is 14.2. The Morgan fingerprint density at radius 2 is 2.05 bits per heavy atom. The number of aryl methyl sites for hydroxylation is 1. The summed E-state index contributed by atoms with van der Waals surface area (Å²) in [5, 5.41) is 7.22. The summed E-state index contributed by atoms with van der Waals surface area (Å²) in [6, 6.07) is 4.10. The van der Waals surface area contributed by atoms with E-state index in [1.165, 1.54) is 26.1 Å². The van der Waals surface area contributed by atoms with Crippen molar-refractivity contribution in [3.8, 4) is 0 Å². The summed E-state index contributed by atoms with van der Waals surface area (Å²) in [5.41, 5.74) is 5.80. The molecule has 0 atom stereocenters. The molecule has 3 N–H and O–H groups in total. The molecule has 0 aliphatic rings. The van der Waals surface area contributed by atoms with E-state index < -0.39 is 15.8 Å². The van der Waals surface area contributed by atoms with Gasteiger partial charge in [0.05, 0.1) is 10.6 Å². The molecule has 0 saturated heterocycles. The zero-order valence-corrected chi connectivity index (χ0v) is 11.7. The lowest BCUT2D eigenvalue weighted by Crippen LogP contribution is -2.18. The average Bonchev–Trinajstić information content (AvgIpc) is 2.36. The van der Waals surface area contributed by atoms with E-state index in [4.69, 9.17) is 5.73 Å². The Labute approximate surface area is 115 Å². The molecule has 20 heavy (non-hydrogen) atoms. The number of aromatic nitrogens is 2. The maximum Gasteiger partial charge on any atom is 0.263 e. The topological polar surface area (TPSA) is 98.0 Å². The van der Waals surface area contributed by atoms with Crippen LogP contribution in [0.3, 0.4) is 0 Å². The van der Waals surface area contributed by atoms with Gasteiger partial charge in [0.25, 0.3) is 10.0 Å². The van der Waals surface area contributed by atoms with Gasteiger partial charge in [0.1, 0.15) is 5.82 Å². The molecule has 0 unspecified atom stereocenters. The molecule has 2 rings (SSSR count). The summed E-state index contributed by atoms with van der Waals surface area (Å²) in [5.74, 6) is -0.562. The van der Waals surface area contributed by atoms with Crippen molar-refractivity contribution in [2.75, 3.05) is 10.5 Å². The van der Waals surface area contributed by atoms with Crippen LogP contribution in [-0.4, -0.2) is 18.6 Å². The fourth-order valence-corrected chi connectivity index (χ4v) is 3.37.